The molecule has 0 saturated heterocycles. The zero-order chi connectivity index (χ0) is 8.04. The first kappa shape index (κ1) is 13.5. The van der Waals surface area contributed by atoms with Gasteiger partial charge in [-0.2, -0.15) is 0 Å². The molecule has 0 aromatic carbocycles. The van der Waals surface area contributed by atoms with Crippen molar-refractivity contribution < 1.29 is 15.6 Å². The summed E-state index contributed by atoms with van der Waals surface area (Å²) >= 11 is 0. The minimum absolute atomic E-state index is 0. The lowest BCUT2D eigenvalue weighted by Gasteiger charge is -2.17. The van der Waals surface area contributed by atoms with E-state index in [1.165, 1.54) is 12.8 Å². The molecule has 1 fully saturated rings. The van der Waals surface area contributed by atoms with Crippen LogP contribution in [0.5, 0.6) is 0 Å². The van der Waals surface area contributed by atoms with Crippen LogP contribution >= 0.6 is 0 Å². The summed E-state index contributed by atoms with van der Waals surface area (Å²) in [6, 6.07) is 0. The van der Waals surface area contributed by atoms with Crippen molar-refractivity contribution in [1.29, 1.82) is 0 Å². The van der Waals surface area contributed by atoms with Crippen molar-refractivity contribution in [2.75, 3.05) is 0 Å². The zero-order valence-electron chi connectivity index (χ0n) is 7.68. The predicted molar refractivity (Wildman–Crippen MR) is 45.5 cm³/mol. The van der Waals surface area contributed by atoms with Crippen molar-refractivity contribution >= 4 is 0 Å². The lowest BCUT2D eigenvalue weighted by molar-refractivity contribution is -0.315. The van der Waals surface area contributed by atoms with Crippen LogP contribution in [-0.4, -0.2) is 16.3 Å². The van der Waals surface area contributed by atoms with E-state index in [1.54, 1.807) is 0 Å². The van der Waals surface area contributed by atoms with E-state index < -0.39 is 0 Å². The maximum absolute atomic E-state index is 8.33. The molecule has 0 amide bonds. The van der Waals surface area contributed by atoms with Gasteiger partial charge in [0.1, 0.15) is 5.60 Å². The fourth-order valence-corrected chi connectivity index (χ4v) is 1.21. The first-order valence-electron chi connectivity index (χ1n) is 4.09. The summed E-state index contributed by atoms with van der Waals surface area (Å²) in [6.45, 7) is 5.94. The molecule has 1 aliphatic carbocycles. The molecule has 11 heavy (non-hydrogen) atoms. The van der Waals surface area contributed by atoms with E-state index in [0.29, 0.717) is 0 Å². The molecule has 0 bridgehead atoms. The Bertz CT molecular complexity index is 77.4. The summed E-state index contributed by atoms with van der Waals surface area (Å²) in [6.07, 6.45) is 4.39. The third-order valence-corrected chi connectivity index (χ3v) is 1.88. The highest BCUT2D eigenvalue weighted by molar-refractivity contribution is 4.79. The fourth-order valence-electron chi connectivity index (χ4n) is 1.21. The molecule has 0 atom stereocenters. The lowest BCUT2D eigenvalue weighted by Crippen LogP contribution is -2.21. The monoisotopic (exact) mass is 164 g/mol. The van der Waals surface area contributed by atoms with E-state index >= 15 is 0 Å². The molecular formula is C8H20O3. The van der Waals surface area contributed by atoms with Crippen molar-refractivity contribution in [2.24, 2.45) is 0 Å². The van der Waals surface area contributed by atoms with E-state index in [1.807, 2.05) is 20.8 Å². The Hall–Kier alpha value is -0.120. The second-order valence-corrected chi connectivity index (χ2v) is 2.75. The molecular weight excluding hydrogens is 144 g/mol. The van der Waals surface area contributed by atoms with Gasteiger partial charge in [-0.15, -0.1) is 0 Å². The smallest absolute Gasteiger partial charge is 0.100 e. The van der Waals surface area contributed by atoms with Crippen LogP contribution in [0.1, 0.15) is 46.5 Å². The van der Waals surface area contributed by atoms with E-state index in [9.17, 15) is 0 Å². The fraction of sp³-hybridized carbons (Fsp3) is 1.00. The van der Waals surface area contributed by atoms with Crippen LogP contribution in [0.2, 0.25) is 0 Å². The second-order valence-electron chi connectivity index (χ2n) is 2.75. The van der Waals surface area contributed by atoms with Gasteiger partial charge >= 0.3 is 0 Å². The van der Waals surface area contributed by atoms with Gasteiger partial charge in [-0.25, -0.2) is 4.89 Å². The predicted octanol–water partition coefficient (Wildman–Crippen LogP) is 2.01. The minimum atomic E-state index is -0.208. The maximum Gasteiger partial charge on any atom is 0.100 e. The van der Waals surface area contributed by atoms with Crippen LogP contribution in [0, 0.1) is 0 Å². The minimum Gasteiger partial charge on any atom is -0.412 e. The highest BCUT2D eigenvalue weighted by Gasteiger charge is 2.29. The molecule has 0 spiro atoms. The molecule has 1 aliphatic rings. The highest BCUT2D eigenvalue weighted by Crippen LogP contribution is 2.31. The average Bonchev–Trinajstić information content (AvgIpc) is 2.42. The highest BCUT2D eigenvalue weighted by atomic mass is 17.1. The van der Waals surface area contributed by atoms with E-state index in [4.69, 9.17) is 5.26 Å². The molecule has 0 unspecified atom stereocenters. The molecule has 0 aromatic heterocycles. The summed E-state index contributed by atoms with van der Waals surface area (Å²) < 4.78 is 0. The Kier molecular flexibility index (Phi) is 8.06. The Labute approximate surface area is 68.6 Å². The Morgan fingerprint density at radius 3 is 1.73 bits per heavy atom. The molecule has 70 valence electrons. The quantitative estimate of drug-likeness (QED) is 0.476. The summed E-state index contributed by atoms with van der Waals surface area (Å²) in [5, 5.41) is 8.33. The van der Waals surface area contributed by atoms with Gasteiger partial charge in [-0.3, -0.25) is 5.26 Å². The van der Waals surface area contributed by atoms with Gasteiger partial charge in [0.25, 0.3) is 0 Å². The van der Waals surface area contributed by atoms with Crippen LogP contribution in [0.4, 0.5) is 0 Å². The van der Waals surface area contributed by atoms with E-state index in [2.05, 4.69) is 4.89 Å². The molecule has 0 aromatic rings. The van der Waals surface area contributed by atoms with E-state index in [-0.39, 0.29) is 11.1 Å². The molecule has 0 radical (unpaired) electrons. The van der Waals surface area contributed by atoms with Gasteiger partial charge in [0.2, 0.25) is 0 Å². The van der Waals surface area contributed by atoms with E-state index in [0.717, 1.165) is 12.8 Å². The molecule has 3 nitrogen and oxygen atoms in total. The van der Waals surface area contributed by atoms with Crippen molar-refractivity contribution in [3.8, 4) is 0 Å². The Morgan fingerprint density at radius 2 is 1.55 bits per heavy atom. The van der Waals surface area contributed by atoms with Gasteiger partial charge < -0.3 is 5.48 Å². The third-order valence-electron chi connectivity index (χ3n) is 1.88. The van der Waals surface area contributed by atoms with Crippen LogP contribution < -0.4 is 0 Å². The molecule has 1 saturated carbocycles. The second kappa shape index (κ2) is 6.58. The number of rotatable bonds is 1. The SMILES string of the molecule is CC.CC1(OO)CCCC1.O. The average molecular weight is 164 g/mol. The van der Waals surface area contributed by atoms with Crippen LogP contribution in [0.15, 0.2) is 0 Å². The number of hydrogen-bond acceptors (Lipinski definition) is 2. The third kappa shape index (κ3) is 4.35. The van der Waals surface area contributed by atoms with Gasteiger partial charge in [0, 0.05) is 0 Å². The lowest BCUT2D eigenvalue weighted by atomic mass is 10.1. The van der Waals surface area contributed by atoms with Gasteiger partial charge in [0.05, 0.1) is 0 Å². The van der Waals surface area contributed by atoms with Gasteiger partial charge in [-0.1, -0.05) is 26.7 Å². The Morgan fingerprint density at radius 1 is 1.18 bits per heavy atom. The molecule has 0 heterocycles. The largest absolute Gasteiger partial charge is 0.412 e. The number of hydrogen-bond donors (Lipinski definition) is 1. The topological polar surface area (TPSA) is 61.0 Å². The summed E-state index contributed by atoms with van der Waals surface area (Å²) in [4.78, 5) is 4.30. The van der Waals surface area contributed by atoms with Crippen molar-refractivity contribution in [3.63, 3.8) is 0 Å². The Balaban J connectivity index is 0. The first-order chi connectivity index (χ1) is 4.77. The normalized spacial score (nSPS) is 19.6. The van der Waals surface area contributed by atoms with Crippen LogP contribution in [-0.2, 0) is 4.89 Å². The van der Waals surface area contributed by atoms with Crippen LogP contribution in [0.25, 0.3) is 0 Å². The maximum atomic E-state index is 8.33. The molecule has 1 rings (SSSR count). The van der Waals surface area contributed by atoms with Crippen LogP contribution in [0.3, 0.4) is 0 Å². The van der Waals surface area contributed by atoms with Gasteiger partial charge in [0.15, 0.2) is 0 Å². The van der Waals surface area contributed by atoms with Crippen molar-refractivity contribution in [1.82, 2.24) is 0 Å². The van der Waals surface area contributed by atoms with Gasteiger partial charge in [-0.05, 0) is 19.8 Å². The zero-order valence-corrected chi connectivity index (χ0v) is 7.68. The van der Waals surface area contributed by atoms with Crippen molar-refractivity contribution in [2.45, 2.75) is 52.1 Å². The molecule has 3 heteroatoms. The standard InChI is InChI=1S/C6H12O2.C2H6.H2O/c1-6(8-7)4-2-3-5-6;1-2;/h7H,2-5H2,1H3;1-2H3;1H2. The molecule has 3 N–H and O–H groups in total. The summed E-state index contributed by atoms with van der Waals surface area (Å²) in [7, 11) is 0. The van der Waals surface area contributed by atoms with Crippen molar-refractivity contribution in [3.05, 3.63) is 0 Å². The molecule has 0 aliphatic heterocycles. The first-order valence-corrected chi connectivity index (χ1v) is 4.09. The summed E-state index contributed by atoms with van der Waals surface area (Å²) in [5.74, 6) is 0. The summed E-state index contributed by atoms with van der Waals surface area (Å²) in [5.41, 5.74) is -0.208.